The monoisotopic (exact) mass is 444 g/mol. The highest BCUT2D eigenvalue weighted by molar-refractivity contribution is 7.80. The smallest absolute Gasteiger partial charge is 0.242 e. The van der Waals surface area contributed by atoms with E-state index in [-0.39, 0.29) is 24.2 Å². The van der Waals surface area contributed by atoms with Crippen LogP contribution in [0.5, 0.6) is 23.0 Å². The van der Waals surface area contributed by atoms with Crippen LogP contribution in [0.25, 0.3) is 6.08 Å². The second kappa shape index (κ2) is 9.76. The van der Waals surface area contributed by atoms with Crippen LogP contribution in [0.3, 0.4) is 0 Å². The second-order valence-electron chi connectivity index (χ2n) is 6.81. The first-order chi connectivity index (χ1) is 14.9. The molecular formula is C22H24N2O6S. The van der Waals surface area contributed by atoms with E-state index in [9.17, 15) is 9.59 Å². The normalized spacial score (nSPS) is 13.5. The fourth-order valence-electron chi connectivity index (χ4n) is 3.03. The van der Waals surface area contributed by atoms with Gasteiger partial charge in [0.15, 0.2) is 17.3 Å². The van der Waals surface area contributed by atoms with Gasteiger partial charge in [-0.1, -0.05) is 6.07 Å². The molecule has 0 saturated heterocycles. The van der Waals surface area contributed by atoms with E-state index >= 15 is 0 Å². The molecule has 0 radical (unpaired) electrons. The predicted molar refractivity (Wildman–Crippen MR) is 121 cm³/mol. The Bertz CT molecular complexity index is 1040. The summed E-state index contributed by atoms with van der Waals surface area (Å²) in [5.41, 5.74) is 7.77. The minimum absolute atomic E-state index is 0.0787. The van der Waals surface area contributed by atoms with E-state index in [1.54, 1.807) is 43.3 Å². The lowest BCUT2D eigenvalue weighted by molar-refractivity contribution is -0.116. The number of Topliss-reactive ketones (excluding diaryl/α,β-unsaturated/α-hetero) is 1. The third-order valence-corrected chi connectivity index (χ3v) is 5.07. The van der Waals surface area contributed by atoms with Gasteiger partial charge in [0.1, 0.15) is 5.75 Å². The Balaban J connectivity index is 1.88. The third-order valence-electron chi connectivity index (χ3n) is 4.68. The fraction of sp³-hybridized carbons (Fsp3) is 0.273. The van der Waals surface area contributed by atoms with Gasteiger partial charge in [-0.2, -0.15) is 12.6 Å². The molecule has 9 heteroatoms. The summed E-state index contributed by atoms with van der Waals surface area (Å²) in [6, 6.07) is 7.68. The molecule has 31 heavy (non-hydrogen) atoms. The number of amides is 1. The predicted octanol–water partition coefficient (Wildman–Crippen LogP) is 2.91. The SMILES string of the molecule is COc1ccc(C=C(C)C(=O)c2cc(OC)c3c(c2)OCO3)cc1NC(=O)C(N)CS. The van der Waals surface area contributed by atoms with Crippen molar-refractivity contribution in [1.82, 2.24) is 0 Å². The minimum Gasteiger partial charge on any atom is -0.495 e. The number of carbonyl (C=O) groups excluding carboxylic acids is 2. The van der Waals surface area contributed by atoms with Gasteiger partial charge in [-0.25, -0.2) is 0 Å². The number of hydrogen-bond acceptors (Lipinski definition) is 8. The van der Waals surface area contributed by atoms with Crippen LogP contribution in [0.2, 0.25) is 0 Å². The Morgan fingerprint density at radius 1 is 1.19 bits per heavy atom. The highest BCUT2D eigenvalue weighted by atomic mass is 32.1. The standard InChI is InChI=1S/C22H24N2O6S/c1-12(20(25)14-8-18(28-3)21-19(9-14)29-11-30-21)6-13-4-5-17(27-2)16(7-13)24-22(26)15(23)10-31/h4-9,15,31H,10-11,23H2,1-3H3,(H,24,26). The zero-order valence-electron chi connectivity index (χ0n) is 17.4. The van der Waals surface area contributed by atoms with Crippen LogP contribution in [-0.4, -0.2) is 44.5 Å². The molecule has 0 fully saturated rings. The summed E-state index contributed by atoms with van der Waals surface area (Å²) in [6.07, 6.45) is 1.72. The van der Waals surface area contributed by atoms with E-state index < -0.39 is 6.04 Å². The molecule has 2 aromatic carbocycles. The number of thiol groups is 1. The second-order valence-corrected chi connectivity index (χ2v) is 7.17. The number of nitrogens with one attached hydrogen (secondary N) is 1. The van der Waals surface area contributed by atoms with E-state index in [0.29, 0.717) is 45.4 Å². The van der Waals surface area contributed by atoms with Crippen molar-refractivity contribution in [3.63, 3.8) is 0 Å². The van der Waals surface area contributed by atoms with Gasteiger partial charge >= 0.3 is 0 Å². The maximum Gasteiger partial charge on any atom is 0.242 e. The van der Waals surface area contributed by atoms with Gasteiger partial charge in [0, 0.05) is 11.3 Å². The van der Waals surface area contributed by atoms with Gasteiger partial charge in [-0.15, -0.1) is 0 Å². The Labute approximate surface area is 185 Å². The summed E-state index contributed by atoms with van der Waals surface area (Å²) in [5, 5.41) is 2.73. The molecule has 1 amide bonds. The average Bonchev–Trinajstić information content (AvgIpc) is 3.26. The number of rotatable bonds is 8. The van der Waals surface area contributed by atoms with Gasteiger partial charge in [-0.3, -0.25) is 9.59 Å². The first-order valence-corrected chi connectivity index (χ1v) is 10.1. The van der Waals surface area contributed by atoms with Gasteiger partial charge < -0.3 is 30.0 Å². The molecule has 0 saturated carbocycles. The lowest BCUT2D eigenvalue weighted by atomic mass is 10.0. The molecule has 3 rings (SSSR count). The fourth-order valence-corrected chi connectivity index (χ4v) is 3.19. The quantitative estimate of drug-likeness (QED) is 0.326. The molecule has 3 N–H and O–H groups in total. The summed E-state index contributed by atoms with van der Waals surface area (Å²) in [4.78, 5) is 25.1. The molecule has 0 bridgehead atoms. The zero-order valence-corrected chi connectivity index (χ0v) is 18.3. The molecule has 1 unspecified atom stereocenters. The lowest BCUT2D eigenvalue weighted by Crippen LogP contribution is -2.37. The molecule has 0 aromatic heterocycles. The average molecular weight is 445 g/mol. The summed E-state index contributed by atoms with van der Waals surface area (Å²) in [7, 11) is 3.00. The van der Waals surface area contributed by atoms with Crippen LogP contribution in [0.1, 0.15) is 22.8 Å². The first-order valence-electron chi connectivity index (χ1n) is 9.44. The number of anilines is 1. The largest absolute Gasteiger partial charge is 0.495 e. The number of allylic oxidation sites excluding steroid dienone is 1. The highest BCUT2D eigenvalue weighted by Crippen LogP contribution is 2.42. The van der Waals surface area contributed by atoms with Crippen molar-refractivity contribution < 1.29 is 28.5 Å². The van der Waals surface area contributed by atoms with Crippen molar-refractivity contribution in [1.29, 1.82) is 0 Å². The van der Waals surface area contributed by atoms with E-state index in [1.807, 2.05) is 0 Å². The molecule has 1 aliphatic rings. The zero-order chi connectivity index (χ0) is 22.5. The number of carbonyl (C=O) groups is 2. The molecular weight excluding hydrogens is 420 g/mol. The molecule has 1 atom stereocenters. The Hall–Kier alpha value is -3.17. The molecule has 1 aliphatic heterocycles. The first kappa shape index (κ1) is 22.5. The molecule has 164 valence electrons. The Morgan fingerprint density at radius 2 is 1.94 bits per heavy atom. The van der Waals surface area contributed by atoms with Gasteiger partial charge in [0.2, 0.25) is 18.4 Å². The maximum atomic E-state index is 13.0. The topological polar surface area (TPSA) is 109 Å². The third kappa shape index (κ3) is 4.95. The van der Waals surface area contributed by atoms with Gasteiger partial charge in [0.05, 0.1) is 25.9 Å². The summed E-state index contributed by atoms with van der Waals surface area (Å²) in [5.74, 6) is 1.48. The van der Waals surface area contributed by atoms with Gasteiger partial charge in [0.25, 0.3) is 0 Å². The lowest BCUT2D eigenvalue weighted by Gasteiger charge is -2.14. The number of hydrogen-bond donors (Lipinski definition) is 3. The molecule has 0 spiro atoms. The van der Waals surface area contributed by atoms with Crippen LogP contribution in [0, 0.1) is 0 Å². The van der Waals surface area contributed by atoms with Crippen molar-refractivity contribution in [3.8, 4) is 23.0 Å². The molecule has 0 aliphatic carbocycles. The Morgan fingerprint density at radius 3 is 2.61 bits per heavy atom. The van der Waals surface area contributed by atoms with Crippen LogP contribution >= 0.6 is 12.6 Å². The van der Waals surface area contributed by atoms with E-state index in [2.05, 4.69) is 17.9 Å². The van der Waals surface area contributed by atoms with E-state index in [0.717, 1.165) is 0 Å². The molecule has 2 aromatic rings. The summed E-state index contributed by atoms with van der Waals surface area (Å²) in [6.45, 7) is 1.79. The van der Waals surface area contributed by atoms with Crippen molar-refractivity contribution in [2.45, 2.75) is 13.0 Å². The molecule has 8 nitrogen and oxygen atoms in total. The van der Waals surface area contributed by atoms with Crippen molar-refractivity contribution >= 4 is 36.1 Å². The summed E-state index contributed by atoms with van der Waals surface area (Å²) >= 11 is 4.04. The van der Waals surface area contributed by atoms with Crippen LogP contribution < -0.4 is 30.0 Å². The highest BCUT2D eigenvalue weighted by Gasteiger charge is 2.23. The molecule has 1 heterocycles. The van der Waals surface area contributed by atoms with Crippen LogP contribution in [0.4, 0.5) is 5.69 Å². The number of benzene rings is 2. The summed E-state index contributed by atoms with van der Waals surface area (Å²) < 4.78 is 21.4. The van der Waals surface area contributed by atoms with Crippen molar-refractivity contribution in [3.05, 3.63) is 47.0 Å². The van der Waals surface area contributed by atoms with Crippen molar-refractivity contribution in [2.24, 2.45) is 5.73 Å². The van der Waals surface area contributed by atoms with Crippen LogP contribution in [0.15, 0.2) is 35.9 Å². The number of ether oxygens (including phenoxy) is 4. The van der Waals surface area contributed by atoms with Crippen molar-refractivity contribution in [2.75, 3.05) is 32.1 Å². The number of methoxy groups -OCH3 is 2. The Kier molecular flexibility index (Phi) is 7.09. The van der Waals surface area contributed by atoms with Crippen LogP contribution in [-0.2, 0) is 4.79 Å². The van der Waals surface area contributed by atoms with Gasteiger partial charge in [-0.05, 0) is 48.4 Å². The van der Waals surface area contributed by atoms with E-state index in [4.69, 9.17) is 24.7 Å². The maximum absolute atomic E-state index is 13.0. The minimum atomic E-state index is -0.753. The number of ketones is 1. The van der Waals surface area contributed by atoms with E-state index in [1.165, 1.54) is 14.2 Å². The number of nitrogens with two attached hydrogens (primary N) is 1. The number of fused-ring (bicyclic) bond motifs is 1.